The van der Waals surface area contributed by atoms with E-state index in [1.807, 2.05) is 30.9 Å². The summed E-state index contributed by atoms with van der Waals surface area (Å²) in [6.07, 6.45) is 4.63. The Labute approximate surface area is 120 Å². The molecular formula is C15H25N3O2. The van der Waals surface area contributed by atoms with Crippen LogP contribution in [0, 0.1) is 11.3 Å². The first kappa shape index (κ1) is 15.0. The van der Waals surface area contributed by atoms with Crippen LogP contribution in [0.3, 0.4) is 0 Å². The average molecular weight is 279 g/mol. The van der Waals surface area contributed by atoms with Crippen LogP contribution in [0.1, 0.15) is 33.0 Å². The van der Waals surface area contributed by atoms with Crippen LogP contribution >= 0.6 is 0 Å². The standard InChI is InChI=1S/C15H25N3O2/c1-5-20-14(19)15(12(2)3)6-8-18(11-15)10-13-16-7-9-17(13)4/h7,9,12H,5-6,8,10-11H2,1-4H3/t15-/m1/s1. The molecule has 0 aliphatic carbocycles. The molecular weight excluding hydrogens is 254 g/mol. The second kappa shape index (κ2) is 5.95. The molecule has 0 N–H and O–H groups in total. The molecule has 1 aliphatic rings. The van der Waals surface area contributed by atoms with Gasteiger partial charge in [-0.1, -0.05) is 13.8 Å². The highest BCUT2D eigenvalue weighted by Gasteiger charge is 2.48. The summed E-state index contributed by atoms with van der Waals surface area (Å²) in [7, 11) is 2.00. The highest BCUT2D eigenvalue weighted by Crippen LogP contribution is 2.39. The van der Waals surface area contributed by atoms with Gasteiger partial charge in [-0.05, 0) is 25.8 Å². The normalized spacial score (nSPS) is 23.4. The van der Waals surface area contributed by atoms with Crippen LogP contribution in [-0.4, -0.2) is 40.1 Å². The molecule has 0 saturated carbocycles. The van der Waals surface area contributed by atoms with Crippen LogP contribution in [0.2, 0.25) is 0 Å². The predicted molar refractivity (Wildman–Crippen MR) is 77.0 cm³/mol. The SMILES string of the molecule is CCOC(=O)[C@]1(C(C)C)CCN(Cc2nccn2C)C1. The number of hydrogen-bond acceptors (Lipinski definition) is 4. The Bertz CT molecular complexity index is 469. The van der Waals surface area contributed by atoms with E-state index in [2.05, 4.69) is 23.7 Å². The van der Waals surface area contributed by atoms with Gasteiger partial charge in [0.25, 0.3) is 0 Å². The molecule has 1 atom stereocenters. The molecule has 5 nitrogen and oxygen atoms in total. The van der Waals surface area contributed by atoms with Gasteiger partial charge in [-0.2, -0.15) is 0 Å². The lowest BCUT2D eigenvalue weighted by atomic mass is 9.76. The smallest absolute Gasteiger partial charge is 0.313 e. The zero-order valence-electron chi connectivity index (χ0n) is 12.9. The predicted octanol–water partition coefficient (Wildman–Crippen LogP) is 1.83. The Kier molecular flexibility index (Phi) is 4.48. The molecule has 112 valence electrons. The molecule has 1 aromatic heterocycles. The monoisotopic (exact) mass is 279 g/mol. The lowest BCUT2D eigenvalue weighted by Crippen LogP contribution is -2.40. The van der Waals surface area contributed by atoms with Gasteiger partial charge in [-0.15, -0.1) is 0 Å². The summed E-state index contributed by atoms with van der Waals surface area (Å²) in [5.41, 5.74) is -0.360. The molecule has 0 unspecified atom stereocenters. The molecule has 1 saturated heterocycles. The molecule has 1 fully saturated rings. The van der Waals surface area contributed by atoms with E-state index in [-0.39, 0.29) is 17.3 Å². The number of ether oxygens (including phenoxy) is 1. The van der Waals surface area contributed by atoms with Crippen molar-refractivity contribution in [2.45, 2.75) is 33.7 Å². The summed E-state index contributed by atoms with van der Waals surface area (Å²) in [6.45, 7) is 9.01. The van der Waals surface area contributed by atoms with Crippen molar-refractivity contribution in [2.24, 2.45) is 18.4 Å². The van der Waals surface area contributed by atoms with Gasteiger partial charge in [-0.3, -0.25) is 9.69 Å². The third kappa shape index (κ3) is 2.73. The highest BCUT2D eigenvalue weighted by atomic mass is 16.5. The number of hydrogen-bond donors (Lipinski definition) is 0. The third-order valence-electron chi connectivity index (χ3n) is 4.45. The summed E-state index contributed by atoms with van der Waals surface area (Å²) in [6, 6.07) is 0. The molecule has 0 spiro atoms. The van der Waals surface area contributed by atoms with Crippen molar-refractivity contribution in [2.75, 3.05) is 19.7 Å². The van der Waals surface area contributed by atoms with Crippen LogP contribution in [0.4, 0.5) is 0 Å². The largest absolute Gasteiger partial charge is 0.466 e. The molecule has 1 aromatic rings. The van der Waals surface area contributed by atoms with E-state index in [0.717, 1.165) is 31.9 Å². The summed E-state index contributed by atoms with van der Waals surface area (Å²) < 4.78 is 7.34. The number of likely N-dealkylation sites (tertiary alicyclic amines) is 1. The van der Waals surface area contributed by atoms with Gasteiger partial charge in [0.05, 0.1) is 18.6 Å². The van der Waals surface area contributed by atoms with Gasteiger partial charge in [0, 0.05) is 26.0 Å². The summed E-state index contributed by atoms with van der Waals surface area (Å²) in [5, 5.41) is 0. The van der Waals surface area contributed by atoms with Crippen LogP contribution in [0.5, 0.6) is 0 Å². The minimum atomic E-state index is -0.360. The van der Waals surface area contributed by atoms with Crippen molar-refractivity contribution >= 4 is 5.97 Å². The molecule has 0 amide bonds. The second-order valence-electron chi connectivity index (χ2n) is 5.95. The molecule has 1 aliphatic heterocycles. The lowest BCUT2D eigenvalue weighted by molar-refractivity contribution is -0.157. The van der Waals surface area contributed by atoms with Crippen LogP contribution in [-0.2, 0) is 23.1 Å². The first-order chi connectivity index (χ1) is 9.49. The maximum absolute atomic E-state index is 12.4. The van der Waals surface area contributed by atoms with Gasteiger partial charge in [0.1, 0.15) is 5.82 Å². The number of rotatable bonds is 5. The minimum Gasteiger partial charge on any atom is -0.466 e. The number of carbonyl (C=O) groups is 1. The lowest BCUT2D eigenvalue weighted by Gasteiger charge is -2.31. The van der Waals surface area contributed by atoms with Crippen molar-refractivity contribution in [3.8, 4) is 0 Å². The van der Waals surface area contributed by atoms with E-state index in [4.69, 9.17) is 4.74 Å². The summed E-state index contributed by atoms with van der Waals surface area (Å²) in [4.78, 5) is 19.0. The van der Waals surface area contributed by atoms with E-state index in [9.17, 15) is 4.79 Å². The number of esters is 1. The van der Waals surface area contributed by atoms with E-state index in [0.29, 0.717) is 6.61 Å². The molecule has 0 radical (unpaired) electrons. The maximum atomic E-state index is 12.4. The van der Waals surface area contributed by atoms with Crippen molar-refractivity contribution in [1.29, 1.82) is 0 Å². The number of imidazole rings is 1. The fourth-order valence-corrected chi connectivity index (χ4v) is 2.95. The highest BCUT2D eigenvalue weighted by molar-refractivity contribution is 5.78. The third-order valence-corrected chi connectivity index (χ3v) is 4.45. The van der Waals surface area contributed by atoms with Gasteiger partial charge >= 0.3 is 5.97 Å². The van der Waals surface area contributed by atoms with Crippen molar-refractivity contribution in [3.63, 3.8) is 0 Å². The number of aryl methyl sites for hydroxylation is 1. The van der Waals surface area contributed by atoms with Crippen LogP contribution in [0.25, 0.3) is 0 Å². The fraction of sp³-hybridized carbons (Fsp3) is 0.733. The molecule has 0 bridgehead atoms. The molecule has 20 heavy (non-hydrogen) atoms. The van der Waals surface area contributed by atoms with Gasteiger partial charge < -0.3 is 9.30 Å². The summed E-state index contributed by atoms with van der Waals surface area (Å²) in [5.74, 6) is 1.28. The zero-order chi connectivity index (χ0) is 14.8. The first-order valence-electron chi connectivity index (χ1n) is 7.35. The maximum Gasteiger partial charge on any atom is 0.313 e. The molecule has 2 heterocycles. The Morgan fingerprint density at radius 1 is 1.55 bits per heavy atom. The van der Waals surface area contributed by atoms with Crippen LogP contribution < -0.4 is 0 Å². The molecule has 5 heteroatoms. The Morgan fingerprint density at radius 3 is 2.85 bits per heavy atom. The van der Waals surface area contributed by atoms with Crippen molar-refractivity contribution in [1.82, 2.24) is 14.5 Å². The van der Waals surface area contributed by atoms with E-state index >= 15 is 0 Å². The summed E-state index contributed by atoms with van der Waals surface area (Å²) >= 11 is 0. The van der Waals surface area contributed by atoms with Crippen molar-refractivity contribution < 1.29 is 9.53 Å². The van der Waals surface area contributed by atoms with E-state index in [1.54, 1.807) is 0 Å². The van der Waals surface area contributed by atoms with Gasteiger partial charge in [-0.25, -0.2) is 4.98 Å². The second-order valence-corrected chi connectivity index (χ2v) is 5.95. The minimum absolute atomic E-state index is 0.0441. The number of carbonyl (C=O) groups excluding carboxylic acids is 1. The fourth-order valence-electron chi connectivity index (χ4n) is 2.95. The Balaban J connectivity index is 2.08. The average Bonchev–Trinajstić information content (AvgIpc) is 2.99. The van der Waals surface area contributed by atoms with E-state index < -0.39 is 0 Å². The zero-order valence-corrected chi connectivity index (χ0v) is 12.9. The quantitative estimate of drug-likeness (QED) is 0.772. The molecule has 2 rings (SSSR count). The van der Waals surface area contributed by atoms with E-state index in [1.165, 1.54) is 0 Å². The van der Waals surface area contributed by atoms with Gasteiger partial charge in [0.2, 0.25) is 0 Å². The topological polar surface area (TPSA) is 47.4 Å². The number of aromatic nitrogens is 2. The molecule has 0 aromatic carbocycles. The first-order valence-corrected chi connectivity index (χ1v) is 7.35. The van der Waals surface area contributed by atoms with Crippen molar-refractivity contribution in [3.05, 3.63) is 18.2 Å². The van der Waals surface area contributed by atoms with Crippen LogP contribution in [0.15, 0.2) is 12.4 Å². The Morgan fingerprint density at radius 2 is 2.30 bits per heavy atom. The number of nitrogens with zero attached hydrogens (tertiary/aromatic N) is 3. The van der Waals surface area contributed by atoms with Gasteiger partial charge in [0.15, 0.2) is 0 Å². The Hall–Kier alpha value is -1.36.